The number of rotatable bonds is 3. The molecule has 2 unspecified atom stereocenters. The maximum Gasteiger partial charge on any atom is 0.424 e. The van der Waals surface area contributed by atoms with Crippen molar-refractivity contribution in [2.24, 2.45) is 5.84 Å². The van der Waals surface area contributed by atoms with Crippen molar-refractivity contribution in [3.05, 3.63) is 35.9 Å². The lowest BCUT2D eigenvalue weighted by molar-refractivity contribution is -0.00827. The van der Waals surface area contributed by atoms with Crippen molar-refractivity contribution in [3.63, 3.8) is 0 Å². The van der Waals surface area contributed by atoms with Crippen molar-refractivity contribution in [2.75, 3.05) is 0 Å². The SMILES string of the molecule is CC1CC(N(N)C(=O)OC(C)(C)C)CC(C)N1Cc1ccccc1. The number of hydrogen-bond donors (Lipinski definition) is 1. The maximum absolute atomic E-state index is 12.2. The van der Waals surface area contributed by atoms with Gasteiger partial charge in [0.05, 0.1) is 6.04 Å². The summed E-state index contributed by atoms with van der Waals surface area (Å²) in [6, 6.07) is 11.2. The van der Waals surface area contributed by atoms with Gasteiger partial charge in [-0.05, 0) is 53.0 Å². The molecule has 134 valence electrons. The summed E-state index contributed by atoms with van der Waals surface area (Å²) in [6.07, 6.45) is 1.27. The Bertz CT molecular complexity index is 529. The molecule has 1 amide bonds. The fraction of sp³-hybridized carbons (Fsp3) is 0.632. The Morgan fingerprint density at radius 1 is 1.21 bits per heavy atom. The van der Waals surface area contributed by atoms with Crippen LogP contribution in [0, 0.1) is 0 Å². The van der Waals surface area contributed by atoms with Crippen molar-refractivity contribution in [3.8, 4) is 0 Å². The molecule has 1 fully saturated rings. The molecule has 5 heteroatoms. The van der Waals surface area contributed by atoms with E-state index in [0.29, 0.717) is 12.1 Å². The second-order valence-electron chi connectivity index (χ2n) is 7.87. The topological polar surface area (TPSA) is 58.8 Å². The lowest BCUT2D eigenvalue weighted by Crippen LogP contribution is -2.56. The molecule has 2 rings (SSSR count). The summed E-state index contributed by atoms with van der Waals surface area (Å²) in [5.74, 6) is 6.06. The lowest BCUT2D eigenvalue weighted by atomic mass is 9.92. The van der Waals surface area contributed by atoms with E-state index in [4.69, 9.17) is 10.6 Å². The molecule has 5 nitrogen and oxygen atoms in total. The first kappa shape index (κ1) is 18.7. The number of nitrogens with zero attached hydrogens (tertiary/aromatic N) is 2. The van der Waals surface area contributed by atoms with Gasteiger partial charge in [-0.2, -0.15) is 0 Å². The van der Waals surface area contributed by atoms with Crippen molar-refractivity contribution in [2.45, 2.75) is 77.7 Å². The van der Waals surface area contributed by atoms with Gasteiger partial charge in [0.15, 0.2) is 0 Å². The Morgan fingerprint density at radius 2 is 1.75 bits per heavy atom. The summed E-state index contributed by atoms with van der Waals surface area (Å²) in [7, 11) is 0. The van der Waals surface area contributed by atoms with Crippen LogP contribution >= 0.6 is 0 Å². The van der Waals surface area contributed by atoms with Crippen LogP contribution in [-0.2, 0) is 11.3 Å². The minimum absolute atomic E-state index is 0.0110. The zero-order valence-corrected chi connectivity index (χ0v) is 15.5. The molecular weight excluding hydrogens is 302 g/mol. The van der Waals surface area contributed by atoms with E-state index in [9.17, 15) is 4.79 Å². The number of ether oxygens (including phenoxy) is 1. The zero-order chi connectivity index (χ0) is 17.9. The molecule has 2 N–H and O–H groups in total. The van der Waals surface area contributed by atoms with Gasteiger partial charge in [-0.15, -0.1) is 0 Å². The number of amides is 1. The number of carbonyl (C=O) groups excluding carboxylic acids is 1. The number of carbonyl (C=O) groups is 1. The Labute approximate surface area is 145 Å². The summed E-state index contributed by atoms with van der Waals surface area (Å²) >= 11 is 0. The van der Waals surface area contributed by atoms with Gasteiger partial charge in [-0.1, -0.05) is 30.3 Å². The Hall–Kier alpha value is -1.59. The van der Waals surface area contributed by atoms with Gasteiger partial charge in [0.2, 0.25) is 0 Å². The summed E-state index contributed by atoms with van der Waals surface area (Å²) in [4.78, 5) is 14.7. The summed E-state index contributed by atoms with van der Waals surface area (Å²) in [5, 5.41) is 1.29. The highest BCUT2D eigenvalue weighted by atomic mass is 16.6. The first-order valence-corrected chi connectivity index (χ1v) is 8.74. The molecule has 0 saturated carbocycles. The third-order valence-electron chi connectivity index (χ3n) is 4.56. The lowest BCUT2D eigenvalue weighted by Gasteiger charge is -2.45. The molecule has 1 heterocycles. The van der Waals surface area contributed by atoms with Gasteiger partial charge in [-0.25, -0.2) is 15.6 Å². The highest BCUT2D eigenvalue weighted by Crippen LogP contribution is 2.28. The normalized spacial score (nSPS) is 25.3. The second-order valence-corrected chi connectivity index (χ2v) is 7.87. The van der Waals surface area contributed by atoms with E-state index in [0.717, 1.165) is 19.4 Å². The molecule has 0 spiro atoms. The van der Waals surface area contributed by atoms with Crippen LogP contribution in [0.5, 0.6) is 0 Å². The molecular formula is C19H31N3O2. The molecule has 0 aromatic heterocycles. The number of hydrazine groups is 1. The summed E-state index contributed by atoms with van der Waals surface area (Å²) in [6.45, 7) is 10.9. The van der Waals surface area contributed by atoms with Crippen LogP contribution in [0.2, 0.25) is 0 Å². The van der Waals surface area contributed by atoms with Gasteiger partial charge in [0, 0.05) is 18.6 Å². The molecule has 1 aliphatic rings. The van der Waals surface area contributed by atoms with Crippen LogP contribution in [0.25, 0.3) is 0 Å². The molecule has 1 aliphatic heterocycles. The van der Waals surface area contributed by atoms with Gasteiger partial charge >= 0.3 is 6.09 Å². The minimum atomic E-state index is -0.528. The molecule has 1 aromatic carbocycles. The van der Waals surface area contributed by atoms with E-state index in [1.54, 1.807) is 0 Å². The van der Waals surface area contributed by atoms with Crippen LogP contribution in [0.15, 0.2) is 30.3 Å². The van der Waals surface area contributed by atoms with Gasteiger partial charge in [0.25, 0.3) is 0 Å². The molecule has 0 radical (unpaired) electrons. The molecule has 2 atom stereocenters. The average molecular weight is 333 g/mol. The molecule has 24 heavy (non-hydrogen) atoms. The number of nitrogens with two attached hydrogens (primary N) is 1. The van der Waals surface area contributed by atoms with Crippen molar-refractivity contribution in [1.29, 1.82) is 0 Å². The third kappa shape index (κ3) is 4.95. The first-order chi connectivity index (χ1) is 11.2. The fourth-order valence-electron chi connectivity index (χ4n) is 3.39. The van der Waals surface area contributed by atoms with E-state index in [-0.39, 0.29) is 6.04 Å². The van der Waals surface area contributed by atoms with Crippen molar-refractivity contribution < 1.29 is 9.53 Å². The van der Waals surface area contributed by atoms with E-state index in [2.05, 4.69) is 43.0 Å². The van der Waals surface area contributed by atoms with Crippen LogP contribution in [-0.4, -0.2) is 39.7 Å². The predicted octanol–water partition coefficient (Wildman–Crippen LogP) is 3.54. The minimum Gasteiger partial charge on any atom is -0.443 e. The highest BCUT2D eigenvalue weighted by Gasteiger charge is 2.36. The van der Waals surface area contributed by atoms with Gasteiger partial charge in [0.1, 0.15) is 5.60 Å². The zero-order valence-electron chi connectivity index (χ0n) is 15.5. The Kier molecular flexibility index (Phi) is 5.88. The van der Waals surface area contributed by atoms with Crippen LogP contribution < -0.4 is 5.84 Å². The van der Waals surface area contributed by atoms with Crippen LogP contribution in [0.1, 0.15) is 53.0 Å². The van der Waals surface area contributed by atoms with Crippen molar-refractivity contribution in [1.82, 2.24) is 9.91 Å². The Morgan fingerprint density at radius 3 is 2.25 bits per heavy atom. The highest BCUT2D eigenvalue weighted by molar-refractivity contribution is 5.67. The predicted molar refractivity (Wildman–Crippen MR) is 96.2 cm³/mol. The number of hydrogen-bond acceptors (Lipinski definition) is 4. The van der Waals surface area contributed by atoms with E-state index in [1.807, 2.05) is 26.8 Å². The van der Waals surface area contributed by atoms with Crippen LogP contribution in [0.4, 0.5) is 4.79 Å². The number of likely N-dealkylation sites (tertiary alicyclic amines) is 1. The van der Waals surface area contributed by atoms with Gasteiger partial charge in [-0.3, -0.25) is 4.90 Å². The quantitative estimate of drug-likeness (QED) is 0.522. The van der Waals surface area contributed by atoms with Crippen LogP contribution in [0.3, 0.4) is 0 Å². The largest absolute Gasteiger partial charge is 0.443 e. The third-order valence-corrected chi connectivity index (χ3v) is 4.56. The maximum atomic E-state index is 12.2. The average Bonchev–Trinajstić information content (AvgIpc) is 2.49. The fourth-order valence-corrected chi connectivity index (χ4v) is 3.39. The summed E-state index contributed by atoms with van der Waals surface area (Å²) in [5.41, 5.74) is 0.784. The molecule has 1 saturated heterocycles. The Balaban J connectivity index is 1.98. The smallest absolute Gasteiger partial charge is 0.424 e. The van der Waals surface area contributed by atoms with E-state index in [1.165, 1.54) is 10.6 Å². The second kappa shape index (κ2) is 7.53. The number of benzene rings is 1. The van der Waals surface area contributed by atoms with Gasteiger partial charge < -0.3 is 4.74 Å². The first-order valence-electron chi connectivity index (χ1n) is 8.74. The molecule has 0 aliphatic carbocycles. The molecule has 1 aromatic rings. The molecule has 0 bridgehead atoms. The van der Waals surface area contributed by atoms with E-state index >= 15 is 0 Å². The standard InChI is InChI=1S/C19H31N3O2/c1-14-11-17(22(20)18(23)24-19(3,4)5)12-15(2)21(14)13-16-9-7-6-8-10-16/h6-10,14-15,17H,11-13,20H2,1-5H3. The van der Waals surface area contributed by atoms with Crippen molar-refractivity contribution >= 4 is 6.09 Å². The monoisotopic (exact) mass is 333 g/mol. The number of piperidine rings is 1. The summed E-state index contributed by atoms with van der Waals surface area (Å²) < 4.78 is 5.39. The van der Waals surface area contributed by atoms with E-state index < -0.39 is 11.7 Å².